The molecule has 1 radical (unpaired) electrons. The van der Waals surface area contributed by atoms with Gasteiger partial charge in [-0.15, -0.1) is 6.54 Å². The van der Waals surface area contributed by atoms with Gasteiger partial charge in [0.1, 0.15) is 0 Å². The fourth-order valence-corrected chi connectivity index (χ4v) is 1.28. The molecular weight excluding hydrogens is 261 g/mol. The molecule has 15 heavy (non-hydrogen) atoms. The van der Waals surface area contributed by atoms with Crippen LogP contribution in [0.5, 0.6) is 0 Å². The summed E-state index contributed by atoms with van der Waals surface area (Å²) in [6.07, 6.45) is 2.46. The quantitative estimate of drug-likeness (QED) is 0.703. The van der Waals surface area contributed by atoms with E-state index in [0.29, 0.717) is 11.5 Å². The van der Waals surface area contributed by atoms with Crippen LogP contribution in [0.25, 0.3) is 5.32 Å². The average molecular weight is 288 g/mol. The summed E-state index contributed by atoms with van der Waals surface area (Å²) in [5.74, 6) is 0. The smallest absolute Gasteiger partial charge is 0.00355 e. The van der Waals surface area contributed by atoms with Crippen LogP contribution in [0.4, 0.5) is 0 Å². The molecule has 3 heteroatoms. The third-order valence-electron chi connectivity index (χ3n) is 3.04. The van der Waals surface area contributed by atoms with Gasteiger partial charge in [0, 0.05) is 38.8 Å². The van der Waals surface area contributed by atoms with E-state index < -0.39 is 0 Å². The first-order valence-electron chi connectivity index (χ1n) is 5.65. The van der Waals surface area contributed by atoms with E-state index in [1.54, 1.807) is 0 Å². The monoisotopic (exact) mass is 288 g/mol. The molecule has 0 unspecified atom stereocenters. The second kappa shape index (κ2) is 9.10. The summed E-state index contributed by atoms with van der Waals surface area (Å²) in [5, 5.41) is 4.17. The van der Waals surface area contributed by atoms with Crippen LogP contribution in [0.1, 0.15) is 40.5 Å². The van der Waals surface area contributed by atoms with Crippen LogP contribution >= 0.6 is 0 Å². The van der Waals surface area contributed by atoms with Crippen molar-refractivity contribution in [1.29, 1.82) is 0 Å². The van der Waals surface area contributed by atoms with E-state index in [-0.39, 0.29) is 32.7 Å². The van der Waals surface area contributed by atoms with Crippen LogP contribution < -0.4 is 0 Å². The minimum atomic E-state index is 0. The Kier molecular flexibility index (Phi) is 11.2. The van der Waals surface area contributed by atoms with Crippen molar-refractivity contribution in [1.82, 2.24) is 4.90 Å². The molecule has 0 spiro atoms. The number of hydrogen-bond acceptors (Lipinski definition) is 1. The Morgan fingerprint density at radius 1 is 1.20 bits per heavy atom. The predicted octanol–water partition coefficient (Wildman–Crippen LogP) is 3.13. The molecule has 0 rings (SSSR count). The molecule has 0 fully saturated rings. The molecule has 0 amide bonds. The van der Waals surface area contributed by atoms with Gasteiger partial charge < -0.3 is 10.2 Å². The third-order valence-corrected chi connectivity index (χ3v) is 3.04. The van der Waals surface area contributed by atoms with Crippen molar-refractivity contribution in [2.45, 2.75) is 46.6 Å². The SMILES string of the molecule is C[N-]CCC(C)(C)CCN(C)C(C)C.[Y]. The normalized spacial score (nSPS) is 12.0. The standard InChI is InChI=1S/C12H27N2.Y/c1-11(2)14(6)10-8-12(3,4)7-9-13-5;/h11H,7-10H2,1-6H3;/q-1;. The van der Waals surface area contributed by atoms with Crippen molar-refractivity contribution >= 4 is 0 Å². The van der Waals surface area contributed by atoms with Gasteiger partial charge in [0.25, 0.3) is 0 Å². The maximum absolute atomic E-state index is 4.17. The van der Waals surface area contributed by atoms with Crippen LogP contribution in [0.15, 0.2) is 0 Å². The van der Waals surface area contributed by atoms with Crippen molar-refractivity contribution in [2.24, 2.45) is 5.41 Å². The van der Waals surface area contributed by atoms with Crippen LogP contribution in [0.2, 0.25) is 0 Å². The van der Waals surface area contributed by atoms with Crippen LogP contribution in [-0.2, 0) is 32.7 Å². The van der Waals surface area contributed by atoms with Crippen molar-refractivity contribution < 1.29 is 32.7 Å². The molecule has 0 bridgehead atoms. The zero-order valence-electron chi connectivity index (χ0n) is 11.4. The summed E-state index contributed by atoms with van der Waals surface area (Å²) in [4.78, 5) is 2.41. The molecule has 0 aromatic carbocycles. The number of nitrogens with zero attached hydrogens (tertiary/aromatic N) is 2. The molecule has 89 valence electrons. The van der Waals surface area contributed by atoms with Crippen molar-refractivity contribution in [3.05, 3.63) is 5.32 Å². The minimum absolute atomic E-state index is 0. The van der Waals surface area contributed by atoms with E-state index in [1.807, 2.05) is 7.05 Å². The van der Waals surface area contributed by atoms with Gasteiger partial charge in [0.2, 0.25) is 0 Å². The second-order valence-electron chi connectivity index (χ2n) is 5.28. The number of rotatable bonds is 7. The second-order valence-corrected chi connectivity index (χ2v) is 5.28. The predicted molar refractivity (Wildman–Crippen MR) is 64.9 cm³/mol. The first-order chi connectivity index (χ1) is 6.39. The Hall–Kier alpha value is 1.02. The fourth-order valence-electron chi connectivity index (χ4n) is 1.28. The van der Waals surface area contributed by atoms with Gasteiger partial charge in [-0.25, -0.2) is 0 Å². The molecule has 0 N–H and O–H groups in total. The first-order valence-corrected chi connectivity index (χ1v) is 5.65. The summed E-state index contributed by atoms with van der Waals surface area (Å²) in [6.45, 7) is 11.4. The minimum Gasteiger partial charge on any atom is -0.665 e. The zero-order valence-corrected chi connectivity index (χ0v) is 14.2. The maximum Gasteiger partial charge on any atom is 0.00355 e. The fraction of sp³-hybridized carbons (Fsp3) is 1.00. The topological polar surface area (TPSA) is 17.3 Å². The Labute approximate surface area is 121 Å². The largest absolute Gasteiger partial charge is 0.665 e. The molecule has 0 saturated heterocycles. The average Bonchev–Trinajstić information content (AvgIpc) is 2.11. The van der Waals surface area contributed by atoms with Gasteiger partial charge in [-0.3, -0.25) is 0 Å². The zero-order chi connectivity index (χ0) is 11.2. The van der Waals surface area contributed by atoms with E-state index in [0.717, 1.165) is 6.54 Å². The van der Waals surface area contributed by atoms with Crippen LogP contribution in [0.3, 0.4) is 0 Å². The van der Waals surface area contributed by atoms with Crippen molar-refractivity contribution in [3.63, 3.8) is 0 Å². The molecule has 0 aliphatic rings. The van der Waals surface area contributed by atoms with Gasteiger partial charge in [-0.2, -0.15) is 7.05 Å². The summed E-state index contributed by atoms with van der Waals surface area (Å²) >= 11 is 0. The van der Waals surface area contributed by atoms with Crippen molar-refractivity contribution in [2.75, 3.05) is 27.2 Å². The maximum atomic E-state index is 4.17. The van der Waals surface area contributed by atoms with Crippen molar-refractivity contribution in [3.8, 4) is 0 Å². The van der Waals surface area contributed by atoms with Gasteiger partial charge >= 0.3 is 0 Å². The summed E-state index contributed by atoms with van der Waals surface area (Å²) in [6, 6.07) is 0.654. The third kappa shape index (κ3) is 9.92. The molecule has 0 saturated carbocycles. The summed E-state index contributed by atoms with van der Waals surface area (Å²) in [7, 11) is 4.10. The molecule has 2 nitrogen and oxygen atoms in total. The number of hydrogen-bond donors (Lipinski definition) is 0. The van der Waals surface area contributed by atoms with E-state index in [4.69, 9.17) is 0 Å². The van der Waals surface area contributed by atoms with E-state index in [1.165, 1.54) is 19.4 Å². The van der Waals surface area contributed by atoms with E-state index >= 15 is 0 Å². The van der Waals surface area contributed by atoms with Crippen LogP contribution in [0, 0.1) is 5.41 Å². The summed E-state index contributed by atoms with van der Waals surface area (Å²) in [5.41, 5.74) is 0.433. The Balaban J connectivity index is 0. The summed E-state index contributed by atoms with van der Waals surface area (Å²) < 4.78 is 0. The van der Waals surface area contributed by atoms with Gasteiger partial charge in [0.05, 0.1) is 0 Å². The Morgan fingerprint density at radius 3 is 2.13 bits per heavy atom. The first kappa shape index (κ1) is 18.4. The van der Waals surface area contributed by atoms with E-state index in [2.05, 4.69) is 45.0 Å². The Bertz CT molecular complexity index is 147. The molecule has 0 heterocycles. The van der Waals surface area contributed by atoms with Crippen LogP contribution in [-0.4, -0.2) is 38.1 Å². The van der Waals surface area contributed by atoms with Gasteiger partial charge in [-0.1, -0.05) is 20.3 Å². The molecule has 0 aliphatic carbocycles. The van der Waals surface area contributed by atoms with Gasteiger partial charge in [0.15, 0.2) is 0 Å². The molecule has 0 aliphatic heterocycles. The van der Waals surface area contributed by atoms with E-state index in [9.17, 15) is 0 Å². The Morgan fingerprint density at radius 2 is 1.73 bits per heavy atom. The molecule has 0 atom stereocenters. The van der Waals surface area contributed by atoms with Gasteiger partial charge in [-0.05, 0) is 39.3 Å². The molecule has 0 aromatic heterocycles. The molecular formula is C12H27N2Y-. The molecule has 0 aromatic rings.